The van der Waals surface area contributed by atoms with Gasteiger partial charge in [-0.25, -0.2) is 0 Å². The van der Waals surface area contributed by atoms with Crippen molar-refractivity contribution in [3.05, 3.63) is 29.8 Å². The van der Waals surface area contributed by atoms with Crippen molar-refractivity contribution >= 4 is 0 Å². The summed E-state index contributed by atoms with van der Waals surface area (Å²) in [5.74, 6) is 1.50. The molecule has 1 saturated carbocycles. The van der Waals surface area contributed by atoms with Crippen molar-refractivity contribution in [1.82, 2.24) is 5.32 Å². The number of halogens is 2. The Bertz CT molecular complexity index is 353. The molecule has 4 heteroatoms. The first-order valence-corrected chi connectivity index (χ1v) is 5.96. The number of rotatable bonds is 6. The Kier molecular flexibility index (Phi) is 3.94. The van der Waals surface area contributed by atoms with Crippen LogP contribution in [0.1, 0.15) is 24.8 Å². The van der Waals surface area contributed by atoms with E-state index in [4.69, 9.17) is 0 Å². The van der Waals surface area contributed by atoms with Crippen molar-refractivity contribution < 1.29 is 13.5 Å². The maximum absolute atomic E-state index is 12.0. The number of hydrogen-bond acceptors (Lipinski definition) is 2. The lowest BCUT2D eigenvalue weighted by atomic mass is 10.1. The lowest BCUT2D eigenvalue weighted by Crippen LogP contribution is -2.16. The molecular formula is C13H17F2NO. The average molecular weight is 241 g/mol. The van der Waals surface area contributed by atoms with Crippen LogP contribution in [0.25, 0.3) is 0 Å². The molecule has 1 fully saturated rings. The molecule has 1 aliphatic carbocycles. The maximum atomic E-state index is 12.0. The summed E-state index contributed by atoms with van der Waals surface area (Å²) in [6.07, 6.45) is 1.18. The molecule has 0 heterocycles. The summed E-state index contributed by atoms with van der Waals surface area (Å²) < 4.78 is 28.2. The van der Waals surface area contributed by atoms with Gasteiger partial charge in [0, 0.05) is 0 Å². The number of hydrogen-bond donors (Lipinski definition) is 1. The molecule has 2 nitrogen and oxygen atoms in total. The monoisotopic (exact) mass is 241 g/mol. The van der Waals surface area contributed by atoms with E-state index in [2.05, 4.69) is 17.0 Å². The summed E-state index contributed by atoms with van der Waals surface area (Å²) in [7, 11) is 0. The molecule has 0 bridgehead atoms. The molecule has 0 amide bonds. The molecule has 0 aliphatic heterocycles. The van der Waals surface area contributed by atoms with Gasteiger partial charge in [-0.05, 0) is 49.0 Å². The lowest BCUT2D eigenvalue weighted by Gasteiger charge is -2.05. The van der Waals surface area contributed by atoms with E-state index in [1.54, 1.807) is 12.1 Å². The second-order valence-electron chi connectivity index (χ2n) is 4.36. The predicted octanol–water partition coefficient (Wildman–Crippen LogP) is 3.00. The molecule has 1 aromatic rings. The molecule has 1 aliphatic rings. The van der Waals surface area contributed by atoms with Crippen molar-refractivity contribution in [1.29, 1.82) is 0 Å². The highest BCUT2D eigenvalue weighted by Crippen LogP contribution is 2.47. The summed E-state index contributed by atoms with van der Waals surface area (Å²) in [4.78, 5) is 0. The predicted molar refractivity (Wildman–Crippen MR) is 62.5 cm³/mol. The highest BCUT2D eigenvalue weighted by Gasteiger charge is 2.37. The van der Waals surface area contributed by atoms with Crippen LogP contribution in [-0.2, 0) is 0 Å². The van der Waals surface area contributed by atoms with E-state index in [1.165, 1.54) is 12.0 Å². The first-order chi connectivity index (χ1) is 8.20. The maximum Gasteiger partial charge on any atom is 0.387 e. The molecule has 1 aromatic carbocycles. The van der Waals surface area contributed by atoms with E-state index in [9.17, 15) is 8.78 Å². The molecule has 2 unspecified atom stereocenters. The topological polar surface area (TPSA) is 21.3 Å². The standard InChI is InChI=1S/C13H17F2NO/c1-2-16-8-10-7-12(10)9-3-5-11(6-4-9)17-13(14)15/h3-6,10,12-13,16H,2,7-8H2,1H3. The normalized spacial score (nSPS) is 22.8. The van der Waals surface area contributed by atoms with Crippen LogP contribution in [0, 0.1) is 5.92 Å². The van der Waals surface area contributed by atoms with Gasteiger partial charge in [-0.1, -0.05) is 19.1 Å². The minimum absolute atomic E-state index is 0.229. The molecule has 0 spiro atoms. The fourth-order valence-electron chi connectivity index (χ4n) is 2.11. The van der Waals surface area contributed by atoms with Gasteiger partial charge in [-0.2, -0.15) is 8.78 Å². The van der Waals surface area contributed by atoms with Crippen LogP contribution in [-0.4, -0.2) is 19.7 Å². The van der Waals surface area contributed by atoms with Gasteiger partial charge in [0.2, 0.25) is 0 Å². The van der Waals surface area contributed by atoms with Crippen LogP contribution >= 0.6 is 0 Å². The largest absolute Gasteiger partial charge is 0.435 e. The van der Waals surface area contributed by atoms with Gasteiger partial charge in [-0.15, -0.1) is 0 Å². The Balaban J connectivity index is 1.87. The van der Waals surface area contributed by atoms with Crippen LogP contribution in [0.15, 0.2) is 24.3 Å². The fourth-order valence-corrected chi connectivity index (χ4v) is 2.11. The zero-order valence-corrected chi connectivity index (χ0v) is 9.83. The highest BCUT2D eigenvalue weighted by atomic mass is 19.3. The molecule has 0 radical (unpaired) electrons. The van der Waals surface area contributed by atoms with Crippen molar-refractivity contribution in [2.24, 2.45) is 5.92 Å². The summed E-state index contributed by atoms with van der Waals surface area (Å²) in [5.41, 5.74) is 1.22. The first-order valence-electron chi connectivity index (χ1n) is 5.96. The summed E-state index contributed by atoms with van der Waals surface area (Å²) in [6, 6.07) is 7.00. The van der Waals surface area contributed by atoms with Crippen molar-refractivity contribution in [3.8, 4) is 5.75 Å². The van der Waals surface area contributed by atoms with Crippen molar-refractivity contribution in [3.63, 3.8) is 0 Å². The van der Waals surface area contributed by atoms with Gasteiger partial charge in [0.25, 0.3) is 0 Å². The molecule has 17 heavy (non-hydrogen) atoms. The third-order valence-corrected chi connectivity index (χ3v) is 3.11. The van der Waals surface area contributed by atoms with Crippen LogP contribution in [0.2, 0.25) is 0 Å². The van der Waals surface area contributed by atoms with Gasteiger partial charge >= 0.3 is 6.61 Å². The van der Waals surface area contributed by atoms with E-state index in [-0.39, 0.29) is 5.75 Å². The Hall–Kier alpha value is -1.16. The molecule has 0 aromatic heterocycles. The Labute approximate surface area is 100.0 Å². The quantitative estimate of drug-likeness (QED) is 0.826. The summed E-state index contributed by atoms with van der Waals surface area (Å²) >= 11 is 0. The second-order valence-corrected chi connectivity index (χ2v) is 4.36. The average Bonchev–Trinajstić information content (AvgIpc) is 3.06. The van der Waals surface area contributed by atoms with E-state index in [1.807, 2.05) is 12.1 Å². The van der Waals surface area contributed by atoms with Gasteiger partial charge in [0.05, 0.1) is 0 Å². The molecule has 1 N–H and O–H groups in total. The number of alkyl halides is 2. The molecule has 2 atom stereocenters. The minimum Gasteiger partial charge on any atom is -0.435 e. The fraction of sp³-hybridized carbons (Fsp3) is 0.538. The third-order valence-electron chi connectivity index (χ3n) is 3.11. The number of ether oxygens (including phenoxy) is 1. The van der Waals surface area contributed by atoms with E-state index in [0.717, 1.165) is 13.1 Å². The molecule has 0 saturated heterocycles. The van der Waals surface area contributed by atoms with Crippen LogP contribution in [0.4, 0.5) is 8.78 Å². The first kappa shape index (κ1) is 12.3. The van der Waals surface area contributed by atoms with Crippen molar-refractivity contribution in [2.45, 2.75) is 25.9 Å². The lowest BCUT2D eigenvalue weighted by molar-refractivity contribution is -0.0498. The Morgan fingerprint density at radius 1 is 1.35 bits per heavy atom. The van der Waals surface area contributed by atoms with Gasteiger partial charge in [0.15, 0.2) is 0 Å². The van der Waals surface area contributed by atoms with Gasteiger partial charge < -0.3 is 10.1 Å². The van der Waals surface area contributed by atoms with Crippen LogP contribution in [0.5, 0.6) is 5.75 Å². The SMILES string of the molecule is CCNCC1CC1c1ccc(OC(F)F)cc1. The summed E-state index contributed by atoms with van der Waals surface area (Å²) in [5, 5.41) is 3.32. The molecule has 2 rings (SSSR count). The van der Waals surface area contributed by atoms with E-state index in [0.29, 0.717) is 11.8 Å². The minimum atomic E-state index is -2.75. The van der Waals surface area contributed by atoms with Crippen LogP contribution < -0.4 is 10.1 Å². The second kappa shape index (κ2) is 5.45. The van der Waals surface area contributed by atoms with Gasteiger partial charge in [0.1, 0.15) is 5.75 Å². The molecule has 94 valence electrons. The highest BCUT2D eigenvalue weighted by molar-refractivity contribution is 5.32. The van der Waals surface area contributed by atoms with Crippen molar-refractivity contribution in [2.75, 3.05) is 13.1 Å². The zero-order valence-electron chi connectivity index (χ0n) is 9.83. The zero-order chi connectivity index (χ0) is 12.3. The Morgan fingerprint density at radius 2 is 2.06 bits per heavy atom. The Morgan fingerprint density at radius 3 is 2.65 bits per heavy atom. The van der Waals surface area contributed by atoms with Gasteiger partial charge in [-0.3, -0.25) is 0 Å². The number of nitrogens with one attached hydrogen (secondary N) is 1. The third kappa shape index (κ3) is 3.40. The van der Waals surface area contributed by atoms with Crippen LogP contribution in [0.3, 0.4) is 0 Å². The molecular weight excluding hydrogens is 224 g/mol. The summed E-state index contributed by atoms with van der Waals surface area (Å²) in [6.45, 7) is 1.37. The van der Waals surface area contributed by atoms with E-state index < -0.39 is 6.61 Å². The smallest absolute Gasteiger partial charge is 0.387 e. The number of benzene rings is 1. The van der Waals surface area contributed by atoms with E-state index >= 15 is 0 Å².